The Morgan fingerprint density at radius 1 is 1.33 bits per heavy atom. The van der Waals surface area contributed by atoms with E-state index in [9.17, 15) is 12.8 Å². The average Bonchev–Trinajstić information content (AvgIpc) is 3.19. The summed E-state index contributed by atoms with van der Waals surface area (Å²) in [5.74, 6) is -0.143. The molecule has 21 heavy (non-hydrogen) atoms. The second-order valence-corrected chi connectivity index (χ2v) is 7.33. The van der Waals surface area contributed by atoms with Crippen molar-refractivity contribution >= 4 is 10.0 Å². The van der Waals surface area contributed by atoms with E-state index in [1.165, 1.54) is 12.1 Å². The molecule has 116 valence electrons. The number of hydrogen-bond acceptors (Lipinski definition) is 4. The highest BCUT2D eigenvalue weighted by molar-refractivity contribution is 7.89. The van der Waals surface area contributed by atoms with Crippen molar-refractivity contribution in [2.75, 3.05) is 6.61 Å². The van der Waals surface area contributed by atoms with Crippen molar-refractivity contribution in [2.45, 2.75) is 42.8 Å². The molecule has 3 rings (SSSR count). The van der Waals surface area contributed by atoms with E-state index in [0.717, 1.165) is 18.9 Å². The zero-order chi connectivity index (χ0) is 15.0. The van der Waals surface area contributed by atoms with Gasteiger partial charge in [0.25, 0.3) is 0 Å². The first-order valence-corrected chi connectivity index (χ1v) is 8.62. The SMILES string of the molecule is NCc1ccc(F)cc1S(=O)(=O)NC1CCOC1C1CC1. The van der Waals surface area contributed by atoms with Gasteiger partial charge in [-0.25, -0.2) is 17.5 Å². The number of sulfonamides is 1. The van der Waals surface area contributed by atoms with E-state index >= 15 is 0 Å². The maximum absolute atomic E-state index is 13.4. The number of ether oxygens (including phenoxy) is 1. The maximum Gasteiger partial charge on any atom is 0.241 e. The number of halogens is 1. The van der Waals surface area contributed by atoms with Crippen LogP contribution in [-0.2, 0) is 21.3 Å². The highest BCUT2D eigenvalue weighted by atomic mass is 32.2. The molecular weight excluding hydrogens is 295 g/mol. The number of nitrogens with two attached hydrogens (primary N) is 1. The van der Waals surface area contributed by atoms with Gasteiger partial charge in [0.1, 0.15) is 5.82 Å². The van der Waals surface area contributed by atoms with E-state index in [1.807, 2.05) is 0 Å². The lowest BCUT2D eigenvalue weighted by Crippen LogP contribution is -2.41. The molecule has 2 fully saturated rings. The first kappa shape index (κ1) is 14.9. The number of nitrogens with one attached hydrogen (secondary N) is 1. The van der Waals surface area contributed by atoms with Gasteiger partial charge in [-0.05, 0) is 42.9 Å². The van der Waals surface area contributed by atoms with Gasteiger partial charge in [0.05, 0.1) is 17.0 Å². The van der Waals surface area contributed by atoms with Crippen molar-refractivity contribution in [1.29, 1.82) is 0 Å². The summed E-state index contributed by atoms with van der Waals surface area (Å²) in [6.45, 7) is 0.602. The van der Waals surface area contributed by atoms with Gasteiger partial charge >= 0.3 is 0 Å². The lowest BCUT2D eigenvalue weighted by Gasteiger charge is -2.20. The van der Waals surface area contributed by atoms with E-state index in [0.29, 0.717) is 24.5 Å². The smallest absolute Gasteiger partial charge is 0.241 e. The lowest BCUT2D eigenvalue weighted by molar-refractivity contribution is 0.0848. The van der Waals surface area contributed by atoms with Crippen LogP contribution in [0.1, 0.15) is 24.8 Å². The first-order valence-electron chi connectivity index (χ1n) is 7.13. The second kappa shape index (κ2) is 5.64. The predicted molar refractivity (Wildman–Crippen MR) is 75.5 cm³/mol. The lowest BCUT2D eigenvalue weighted by atomic mass is 10.1. The number of hydrogen-bond donors (Lipinski definition) is 2. The van der Waals surface area contributed by atoms with E-state index in [1.54, 1.807) is 0 Å². The van der Waals surface area contributed by atoms with Gasteiger partial charge in [-0.15, -0.1) is 0 Å². The van der Waals surface area contributed by atoms with Crippen molar-refractivity contribution in [3.8, 4) is 0 Å². The number of benzene rings is 1. The van der Waals surface area contributed by atoms with Crippen LogP contribution in [0.4, 0.5) is 4.39 Å². The molecule has 7 heteroatoms. The fourth-order valence-electron chi connectivity index (χ4n) is 2.84. The molecule has 2 atom stereocenters. The summed E-state index contributed by atoms with van der Waals surface area (Å²) in [4.78, 5) is -0.0774. The second-order valence-electron chi connectivity index (χ2n) is 5.65. The average molecular weight is 314 g/mol. The maximum atomic E-state index is 13.4. The van der Waals surface area contributed by atoms with Crippen molar-refractivity contribution < 1.29 is 17.5 Å². The molecular formula is C14H19FN2O3S. The summed E-state index contributed by atoms with van der Waals surface area (Å²) >= 11 is 0. The van der Waals surface area contributed by atoms with E-state index in [4.69, 9.17) is 10.5 Å². The summed E-state index contributed by atoms with van der Waals surface area (Å²) in [7, 11) is -3.80. The van der Waals surface area contributed by atoms with Gasteiger partial charge in [-0.3, -0.25) is 0 Å². The Balaban J connectivity index is 1.85. The van der Waals surface area contributed by atoms with Gasteiger partial charge in [0.2, 0.25) is 10.0 Å². The van der Waals surface area contributed by atoms with Gasteiger partial charge in [-0.1, -0.05) is 6.07 Å². The molecule has 0 radical (unpaired) electrons. The van der Waals surface area contributed by atoms with E-state index < -0.39 is 15.8 Å². The zero-order valence-corrected chi connectivity index (χ0v) is 12.4. The van der Waals surface area contributed by atoms with Crippen molar-refractivity contribution in [1.82, 2.24) is 4.72 Å². The molecule has 1 aliphatic carbocycles. The Hall–Kier alpha value is -1.02. The zero-order valence-electron chi connectivity index (χ0n) is 11.6. The molecule has 0 spiro atoms. The minimum Gasteiger partial charge on any atom is -0.376 e. The van der Waals surface area contributed by atoms with E-state index in [2.05, 4.69) is 4.72 Å². The summed E-state index contributed by atoms with van der Waals surface area (Å²) < 4.78 is 46.7. The highest BCUT2D eigenvalue weighted by Gasteiger charge is 2.42. The van der Waals surface area contributed by atoms with Crippen LogP contribution in [0.15, 0.2) is 23.1 Å². The topological polar surface area (TPSA) is 81.4 Å². The molecule has 3 N–H and O–H groups in total. The minimum absolute atomic E-state index is 0.0454. The van der Waals surface area contributed by atoms with Crippen LogP contribution in [0.3, 0.4) is 0 Å². The fraction of sp³-hybridized carbons (Fsp3) is 0.571. The molecule has 5 nitrogen and oxygen atoms in total. The third-order valence-corrected chi connectivity index (χ3v) is 5.64. The molecule has 1 aromatic rings. The normalized spacial score (nSPS) is 26.2. The van der Waals surface area contributed by atoms with Crippen LogP contribution in [0, 0.1) is 11.7 Å². The van der Waals surface area contributed by atoms with Crippen molar-refractivity contribution in [3.05, 3.63) is 29.6 Å². The summed E-state index contributed by atoms with van der Waals surface area (Å²) in [5.41, 5.74) is 5.96. The summed E-state index contributed by atoms with van der Waals surface area (Å²) in [6.07, 6.45) is 2.75. The summed E-state index contributed by atoms with van der Waals surface area (Å²) in [6, 6.07) is 3.41. The van der Waals surface area contributed by atoms with Crippen LogP contribution >= 0.6 is 0 Å². The predicted octanol–water partition coefficient (Wildman–Crippen LogP) is 1.13. The standard InChI is InChI=1S/C14H19FN2O3S/c15-11-4-3-10(8-16)13(7-11)21(18,19)17-12-5-6-20-14(12)9-1-2-9/h3-4,7,9,12,14,17H,1-2,5-6,8,16H2. The molecule has 1 aromatic carbocycles. The molecule has 2 unspecified atom stereocenters. The third-order valence-electron chi connectivity index (χ3n) is 4.07. The molecule has 0 aromatic heterocycles. The highest BCUT2D eigenvalue weighted by Crippen LogP contribution is 2.39. The van der Waals surface area contributed by atoms with Crippen LogP contribution in [-0.4, -0.2) is 27.2 Å². The largest absolute Gasteiger partial charge is 0.376 e. The number of rotatable bonds is 5. The van der Waals surface area contributed by atoms with Crippen molar-refractivity contribution in [3.63, 3.8) is 0 Å². The minimum atomic E-state index is -3.80. The third kappa shape index (κ3) is 3.11. The van der Waals surface area contributed by atoms with Crippen LogP contribution in [0.5, 0.6) is 0 Å². The Morgan fingerprint density at radius 3 is 2.76 bits per heavy atom. The quantitative estimate of drug-likeness (QED) is 0.853. The van der Waals surface area contributed by atoms with Gasteiger partial charge in [-0.2, -0.15) is 0 Å². The monoisotopic (exact) mass is 314 g/mol. The fourth-order valence-corrected chi connectivity index (χ4v) is 4.38. The molecule has 0 bridgehead atoms. The Labute approximate surface area is 123 Å². The molecule has 0 amide bonds. The van der Waals surface area contributed by atoms with Gasteiger partial charge in [0, 0.05) is 13.2 Å². The molecule has 1 saturated carbocycles. The summed E-state index contributed by atoms with van der Waals surface area (Å²) in [5, 5.41) is 0. The molecule has 2 aliphatic rings. The van der Waals surface area contributed by atoms with Gasteiger partial charge < -0.3 is 10.5 Å². The Morgan fingerprint density at radius 2 is 2.10 bits per heavy atom. The Kier molecular flexibility index (Phi) is 4.00. The van der Waals surface area contributed by atoms with Gasteiger partial charge in [0.15, 0.2) is 0 Å². The Bertz CT molecular complexity index is 631. The van der Waals surface area contributed by atoms with Crippen LogP contribution in [0.25, 0.3) is 0 Å². The molecule has 1 heterocycles. The first-order chi connectivity index (χ1) is 10.0. The molecule has 1 saturated heterocycles. The van der Waals surface area contributed by atoms with E-state index in [-0.39, 0.29) is 23.6 Å². The van der Waals surface area contributed by atoms with Crippen molar-refractivity contribution in [2.24, 2.45) is 11.7 Å². The molecule has 1 aliphatic heterocycles. The van der Waals surface area contributed by atoms with Crippen LogP contribution in [0.2, 0.25) is 0 Å². The van der Waals surface area contributed by atoms with Crippen LogP contribution < -0.4 is 10.5 Å².